The van der Waals surface area contributed by atoms with Crippen molar-refractivity contribution in [2.75, 3.05) is 7.11 Å². The van der Waals surface area contributed by atoms with E-state index < -0.39 is 30.4 Å². The molecule has 1 N–H and O–H groups in total. The minimum atomic E-state index is -4.87. The lowest BCUT2D eigenvalue weighted by Crippen LogP contribution is -2.19. The zero-order valence-electron chi connectivity index (χ0n) is 8.92. The van der Waals surface area contributed by atoms with Crippen molar-refractivity contribution in [3.05, 3.63) is 15.3 Å². The van der Waals surface area contributed by atoms with Crippen LogP contribution in [-0.2, 0) is 11.2 Å². The minimum absolute atomic E-state index is 0.0630. The van der Waals surface area contributed by atoms with E-state index in [1.807, 2.05) is 0 Å². The molecule has 9 heteroatoms. The number of carboxylic acids is 1. The summed E-state index contributed by atoms with van der Waals surface area (Å²) < 4.78 is 44.9. The zero-order chi connectivity index (χ0) is 13.9. The molecule has 0 radical (unpaired) electrons. The third-order valence-electron chi connectivity index (χ3n) is 1.69. The summed E-state index contributed by atoms with van der Waals surface area (Å²) in [4.78, 5) is 14.1. The molecular formula is C9H7F3INO4. The Labute approximate surface area is 113 Å². The second kappa shape index (κ2) is 5.59. The minimum Gasteiger partial charge on any atom is -0.481 e. The highest BCUT2D eigenvalue weighted by Crippen LogP contribution is 2.35. The lowest BCUT2D eigenvalue weighted by Gasteiger charge is -2.14. The van der Waals surface area contributed by atoms with Gasteiger partial charge in [-0.25, -0.2) is 4.98 Å². The molecule has 0 amide bonds. The Hall–Kier alpha value is -1.26. The molecule has 0 aliphatic heterocycles. The van der Waals surface area contributed by atoms with Gasteiger partial charge in [0.1, 0.15) is 0 Å². The maximum atomic E-state index is 12.1. The molecule has 0 aromatic carbocycles. The highest BCUT2D eigenvalue weighted by atomic mass is 127. The predicted octanol–water partition coefficient (Wildman–Crippen LogP) is 2.22. The third kappa shape index (κ3) is 4.20. The van der Waals surface area contributed by atoms with Crippen LogP contribution in [0.15, 0.2) is 6.07 Å². The number of alkyl halides is 3. The lowest BCUT2D eigenvalue weighted by atomic mass is 10.2. The summed E-state index contributed by atoms with van der Waals surface area (Å²) >= 11 is 1.58. The molecule has 0 aliphatic rings. The number of aliphatic carboxylic acids is 1. The van der Waals surface area contributed by atoms with E-state index in [1.165, 1.54) is 6.07 Å². The van der Waals surface area contributed by atoms with Crippen molar-refractivity contribution in [1.82, 2.24) is 4.98 Å². The van der Waals surface area contributed by atoms with Gasteiger partial charge in [-0.15, -0.1) is 13.2 Å². The molecule has 0 atom stereocenters. The van der Waals surface area contributed by atoms with Crippen LogP contribution in [0, 0.1) is 3.57 Å². The number of halogens is 4. The molecule has 5 nitrogen and oxygen atoms in total. The first-order valence-corrected chi connectivity index (χ1v) is 5.51. The van der Waals surface area contributed by atoms with Gasteiger partial charge in [-0.3, -0.25) is 4.79 Å². The van der Waals surface area contributed by atoms with E-state index in [-0.39, 0.29) is 9.26 Å². The van der Waals surface area contributed by atoms with Crippen molar-refractivity contribution in [3.63, 3.8) is 0 Å². The van der Waals surface area contributed by atoms with Crippen LogP contribution in [0.3, 0.4) is 0 Å². The van der Waals surface area contributed by atoms with Crippen LogP contribution in [0.5, 0.6) is 11.6 Å². The van der Waals surface area contributed by atoms with Crippen LogP contribution in [0.4, 0.5) is 13.2 Å². The molecule has 1 aromatic heterocycles. The first-order valence-electron chi connectivity index (χ1n) is 4.44. The van der Waals surface area contributed by atoms with Gasteiger partial charge in [0, 0.05) is 0 Å². The van der Waals surface area contributed by atoms with Gasteiger partial charge in [0.05, 0.1) is 22.8 Å². The Morgan fingerprint density at radius 1 is 1.56 bits per heavy atom. The number of carboxylic acid groups (broad SMARTS) is 1. The molecule has 100 valence electrons. The van der Waals surface area contributed by atoms with Crippen LogP contribution in [0.25, 0.3) is 0 Å². The van der Waals surface area contributed by atoms with E-state index in [1.54, 1.807) is 22.6 Å². The molecular weight excluding hydrogens is 370 g/mol. The number of carbonyl (C=O) groups is 1. The summed E-state index contributed by atoms with van der Waals surface area (Å²) in [6.07, 6.45) is -5.29. The smallest absolute Gasteiger partial charge is 0.481 e. The molecule has 0 saturated heterocycles. The van der Waals surface area contributed by atoms with Crippen LogP contribution in [0.1, 0.15) is 5.69 Å². The summed E-state index contributed by atoms with van der Waals surface area (Å²) in [6, 6.07) is 1.19. The standard InChI is InChI=1S/C9H7F3INO4/c1-17-8-7(18-9(10,11)12)5(13)2-4(14-8)3-6(15)16/h2H,3H2,1H3,(H,15,16). The third-order valence-corrected chi connectivity index (χ3v) is 2.49. The Bertz CT molecular complexity index is 464. The lowest BCUT2D eigenvalue weighted by molar-refractivity contribution is -0.275. The quantitative estimate of drug-likeness (QED) is 0.816. The van der Waals surface area contributed by atoms with Gasteiger partial charge >= 0.3 is 12.3 Å². The highest BCUT2D eigenvalue weighted by Gasteiger charge is 2.34. The van der Waals surface area contributed by atoms with Crippen molar-refractivity contribution in [2.24, 2.45) is 0 Å². The maximum Gasteiger partial charge on any atom is 0.573 e. The SMILES string of the molecule is COc1nc(CC(=O)O)cc(I)c1OC(F)(F)F. The van der Waals surface area contributed by atoms with E-state index in [4.69, 9.17) is 5.11 Å². The summed E-state index contributed by atoms with van der Waals surface area (Å²) in [7, 11) is 1.12. The van der Waals surface area contributed by atoms with Gasteiger partial charge < -0.3 is 14.6 Å². The molecule has 0 fully saturated rings. The fraction of sp³-hybridized carbons (Fsp3) is 0.333. The van der Waals surface area contributed by atoms with Crippen LogP contribution in [-0.4, -0.2) is 29.5 Å². The molecule has 0 spiro atoms. The van der Waals surface area contributed by atoms with Crippen LogP contribution in [0.2, 0.25) is 0 Å². The summed E-state index contributed by atoms with van der Waals surface area (Å²) in [5.74, 6) is -2.14. The first-order chi connectivity index (χ1) is 8.23. The molecule has 1 rings (SSSR count). The van der Waals surface area contributed by atoms with Gasteiger partial charge in [0.15, 0.2) is 0 Å². The topological polar surface area (TPSA) is 68.7 Å². The zero-order valence-corrected chi connectivity index (χ0v) is 11.1. The normalized spacial score (nSPS) is 11.2. The van der Waals surface area contributed by atoms with Gasteiger partial charge in [-0.2, -0.15) is 0 Å². The van der Waals surface area contributed by atoms with Crippen molar-refractivity contribution in [1.29, 1.82) is 0 Å². The summed E-state index contributed by atoms with van der Waals surface area (Å²) in [6.45, 7) is 0. The molecule has 0 unspecified atom stereocenters. The molecule has 1 heterocycles. The monoisotopic (exact) mass is 377 g/mol. The van der Waals surface area contributed by atoms with Crippen molar-refractivity contribution < 1.29 is 32.5 Å². The number of hydrogen-bond donors (Lipinski definition) is 1. The van der Waals surface area contributed by atoms with Crippen molar-refractivity contribution in [3.8, 4) is 11.6 Å². The average Bonchev–Trinajstić information content (AvgIpc) is 2.19. The van der Waals surface area contributed by atoms with E-state index in [2.05, 4.69) is 14.5 Å². The molecule has 18 heavy (non-hydrogen) atoms. The number of methoxy groups -OCH3 is 1. The Balaban J connectivity index is 3.15. The van der Waals surface area contributed by atoms with Gasteiger partial charge in [-0.1, -0.05) is 0 Å². The van der Waals surface area contributed by atoms with Crippen molar-refractivity contribution in [2.45, 2.75) is 12.8 Å². The van der Waals surface area contributed by atoms with E-state index >= 15 is 0 Å². The van der Waals surface area contributed by atoms with E-state index in [9.17, 15) is 18.0 Å². The molecule has 0 aliphatic carbocycles. The number of nitrogens with zero attached hydrogens (tertiary/aromatic N) is 1. The van der Waals surface area contributed by atoms with Gasteiger partial charge in [0.2, 0.25) is 5.75 Å². The van der Waals surface area contributed by atoms with Crippen LogP contribution < -0.4 is 9.47 Å². The largest absolute Gasteiger partial charge is 0.573 e. The number of ether oxygens (including phenoxy) is 2. The second-order valence-electron chi connectivity index (χ2n) is 3.05. The average molecular weight is 377 g/mol. The number of aromatic nitrogens is 1. The van der Waals surface area contributed by atoms with Crippen LogP contribution >= 0.6 is 22.6 Å². The Morgan fingerprint density at radius 3 is 2.61 bits per heavy atom. The van der Waals surface area contributed by atoms with Crippen molar-refractivity contribution >= 4 is 28.6 Å². The number of rotatable bonds is 4. The molecule has 0 saturated carbocycles. The highest BCUT2D eigenvalue weighted by molar-refractivity contribution is 14.1. The van der Waals surface area contributed by atoms with E-state index in [0.29, 0.717) is 0 Å². The maximum absolute atomic E-state index is 12.1. The Morgan fingerprint density at radius 2 is 2.17 bits per heavy atom. The number of hydrogen-bond acceptors (Lipinski definition) is 4. The Kier molecular flexibility index (Phi) is 4.59. The number of pyridine rings is 1. The van der Waals surface area contributed by atoms with Gasteiger partial charge in [0.25, 0.3) is 5.88 Å². The first kappa shape index (κ1) is 14.8. The predicted molar refractivity (Wildman–Crippen MR) is 61.5 cm³/mol. The second-order valence-corrected chi connectivity index (χ2v) is 4.21. The fourth-order valence-corrected chi connectivity index (χ4v) is 1.82. The summed E-state index contributed by atoms with van der Waals surface area (Å²) in [5.41, 5.74) is 0.0817. The van der Waals surface area contributed by atoms with E-state index in [0.717, 1.165) is 7.11 Å². The fourth-order valence-electron chi connectivity index (χ4n) is 1.12. The van der Waals surface area contributed by atoms with Gasteiger partial charge in [-0.05, 0) is 28.7 Å². The molecule has 1 aromatic rings. The molecule has 0 bridgehead atoms. The summed E-state index contributed by atoms with van der Waals surface area (Å²) in [5, 5.41) is 8.58.